The molecule has 0 unspecified atom stereocenters. The van der Waals surface area contributed by atoms with Gasteiger partial charge in [-0.1, -0.05) is 29.8 Å². The van der Waals surface area contributed by atoms with Crippen LogP contribution >= 0.6 is 11.8 Å². The van der Waals surface area contributed by atoms with Gasteiger partial charge in [0, 0.05) is 0 Å². The number of nitriles is 1. The van der Waals surface area contributed by atoms with Crippen LogP contribution in [0.1, 0.15) is 0 Å². The third kappa shape index (κ3) is 4.10. The molecule has 0 aromatic heterocycles. The van der Waals surface area contributed by atoms with Gasteiger partial charge in [-0.3, -0.25) is 5.32 Å². The summed E-state index contributed by atoms with van der Waals surface area (Å²) in [7, 11) is 0. The van der Waals surface area contributed by atoms with E-state index in [1.54, 1.807) is 12.1 Å². The molecule has 0 bridgehead atoms. The molecule has 0 amide bonds. The van der Waals surface area contributed by atoms with Gasteiger partial charge in [0.25, 0.3) is 0 Å². The lowest BCUT2D eigenvalue weighted by Gasteiger charge is -2.06. The standard InChI is InChI=1S/C12H11N3OS/c1-3-8-16-11-7-5-4-6-10(11)15-12(17-2)14-9-13/h1,4-7H,8H2,2H3,(H,14,15). The zero-order valence-corrected chi connectivity index (χ0v) is 10.1. The molecule has 17 heavy (non-hydrogen) atoms. The number of hydrogen-bond donors (Lipinski definition) is 1. The number of aliphatic imine (C=N–C) groups is 1. The molecule has 4 nitrogen and oxygen atoms in total. The number of terminal acetylenes is 1. The van der Waals surface area contributed by atoms with E-state index in [1.807, 2.05) is 24.6 Å². The Kier molecular flexibility index (Phi) is 5.50. The molecule has 1 rings (SSSR count). The third-order valence-electron chi connectivity index (χ3n) is 1.75. The van der Waals surface area contributed by atoms with Crippen molar-refractivity contribution in [2.75, 3.05) is 12.9 Å². The number of amidine groups is 1. The smallest absolute Gasteiger partial charge is 0.183 e. The summed E-state index contributed by atoms with van der Waals surface area (Å²) in [5, 5.41) is 11.5. The normalized spacial score (nSPS) is 10.2. The Bertz CT molecular complexity index is 485. The van der Waals surface area contributed by atoms with Gasteiger partial charge in [0.2, 0.25) is 0 Å². The van der Waals surface area contributed by atoms with Gasteiger partial charge in [0.1, 0.15) is 18.0 Å². The summed E-state index contributed by atoms with van der Waals surface area (Å²) >= 11 is 1.34. The highest BCUT2D eigenvalue weighted by atomic mass is 32.2. The number of ether oxygens (including phenoxy) is 1. The maximum Gasteiger partial charge on any atom is 0.183 e. The molecular formula is C12H11N3OS. The predicted molar refractivity (Wildman–Crippen MR) is 70.1 cm³/mol. The Morgan fingerprint density at radius 1 is 1.59 bits per heavy atom. The van der Waals surface area contributed by atoms with Crippen molar-refractivity contribution in [2.45, 2.75) is 0 Å². The van der Waals surface area contributed by atoms with Crippen LogP contribution < -0.4 is 10.1 Å². The largest absolute Gasteiger partial charge is 0.479 e. The van der Waals surface area contributed by atoms with E-state index in [2.05, 4.69) is 16.2 Å². The molecule has 0 aliphatic carbocycles. The van der Waals surface area contributed by atoms with E-state index in [4.69, 9.17) is 16.4 Å². The van der Waals surface area contributed by atoms with Crippen LogP contribution in [-0.2, 0) is 0 Å². The molecule has 0 heterocycles. The van der Waals surface area contributed by atoms with Crippen molar-refractivity contribution >= 4 is 22.6 Å². The van der Waals surface area contributed by atoms with E-state index in [9.17, 15) is 0 Å². The second-order valence-corrected chi connectivity index (χ2v) is 3.61. The maximum atomic E-state index is 8.54. The van der Waals surface area contributed by atoms with Crippen molar-refractivity contribution in [3.63, 3.8) is 0 Å². The minimum absolute atomic E-state index is 0.187. The van der Waals surface area contributed by atoms with Crippen LogP contribution in [0.2, 0.25) is 0 Å². The summed E-state index contributed by atoms with van der Waals surface area (Å²) < 4.78 is 5.35. The highest BCUT2D eigenvalue weighted by Gasteiger charge is 2.03. The van der Waals surface area contributed by atoms with Crippen LogP contribution in [0.5, 0.6) is 5.75 Å². The number of benzene rings is 1. The van der Waals surface area contributed by atoms with E-state index in [-0.39, 0.29) is 6.61 Å². The second kappa shape index (κ2) is 7.21. The average Bonchev–Trinajstić information content (AvgIpc) is 2.37. The van der Waals surface area contributed by atoms with E-state index < -0.39 is 0 Å². The Morgan fingerprint density at radius 3 is 3.00 bits per heavy atom. The van der Waals surface area contributed by atoms with Gasteiger partial charge in [-0.15, -0.1) is 6.42 Å². The SMILES string of the molecule is C#CCOc1ccccc1N=C(NC#N)SC. The highest BCUT2D eigenvalue weighted by Crippen LogP contribution is 2.27. The Labute approximate surface area is 105 Å². The first-order valence-electron chi connectivity index (χ1n) is 4.75. The van der Waals surface area contributed by atoms with Crippen molar-refractivity contribution in [1.82, 2.24) is 5.32 Å². The number of para-hydroxylation sites is 2. The predicted octanol–water partition coefficient (Wildman–Crippen LogP) is 2.12. The van der Waals surface area contributed by atoms with Crippen molar-refractivity contribution < 1.29 is 4.74 Å². The monoisotopic (exact) mass is 245 g/mol. The highest BCUT2D eigenvalue weighted by molar-refractivity contribution is 8.13. The second-order valence-electron chi connectivity index (χ2n) is 2.82. The summed E-state index contributed by atoms with van der Waals surface area (Å²) in [5.74, 6) is 2.99. The van der Waals surface area contributed by atoms with Crippen molar-refractivity contribution in [1.29, 1.82) is 5.26 Å². The van der Waals surface area contributed by atoms with Crippen LogP contribution in [0, 0.1) is 23.8 Å². The quantitative estimate of drug-likeness (QED) is 0.291. The lowest BCUT2D eigenvalue weighted by atomic mass is 10.3. The molecule has 0 saturated carbocycles. The lowest BCUT2D eigenvalue weighted by molar-refractivity contribution is 0.372. The fourth-order valence-corrected chi connectivity index (χ4v) is 1.41. The fraction of sp³-hybridized carbons (Fsp3) is 0.167. The van der Waals surface area contributed by atoms with Crippen molar-refractivity contribution in [3.05, 3.63) is 24.3 Å². The van der Waals surface area contributed by atoms with Gasteiger partial charge in [-0.25, -0.2) is 4.99 Å². The number of hydrogen-bond acceptors (Lipinski definition) is 4. The molecule has 0 atom stereocenters. The minimum atomic E-state index is 0.187. The van der Waals surface area contributed by atoms with E-state index in [0.717, 1.165) is 0 Å². The fourth-order valence-electron chi connectivity index (χ4n) is 1.07. The third-order valence-corrected chi connectivity index (χ3v) is 2.33. The topological polar surface area (TPSA) is 57.4 Å². The van der Waals surface area contributed by atoms with Gasteiger partial charge in [0.15, 0.2) is 11.4 Å². The van der Waals surface area contributed by atoms with Gasteiger partial charge in [-0.05, 0) is 18.4 Å². The molecule has 1 aromatic carbocycles. The first-order chi connectivity index (χ1) is 8.31. The molecular weight excluding hydrogens is 234 g/mol. The van der Waals surface area contributed by atoms with Crippen molar-refractivity contribution in [3.8, 4) is 24.3 Å². The van der Waals surface area contributed by atoms with Crippen molar-refractivity contribution in [2.24, 2.45) is 4.99 Å². The van der Waals surface area contributed by atoms with Gasteiger partial charge in [-0.2, -0.15) is 5.26 Å². The van der Waals surface area contributed by atoms with Crippen LogP contribution in [-0.4, -0.2) is 18.0 Å². The van der Waals surface area contributed by atoms with Crippen LogP contribution in [0.4, 0.5) is 5.69 Å². The molecule has 0 saturated heterocycles. The summed E-state index contributed by atoms with van der Waals surface area (Å²) in [6.07, 6.45) is 8.79. The van der Waals surface area contributed by atoms with Gasteiger partial charge < -0.3 is 4.74 Å². The molecule has 5 heteroatoms. The lowest BCUT2D eigenvalue weighted by Crippen LogP contribution is -2.12. The zero-order chi connectivity index (χ0) is 12.5. The first kappa shape index (κ1) is 13.0. The maximum absolute atomic E-state index is 8.54. The minimum Gasteiger partial charge on any atom is -0.479 e. The molecule has 0 fully saturated rings. The zero-order valence-electron chi connectivity index (χ0n) is 9.30. The van der Waals surface area contributed by atoms with Gasteiger partial charge in [0.05, 0.1) is 0 Å². The number of nitrogens with one attached hydrogen (secondary N) is 1. The average molecular weight is 245 g/mol. The molecule has 1 aromatic rings. The Balaban J connectivity index is 2.97. The molecule has 0 spiro atoms. The van der Waals surface area contributed by atoms with Gasteiger partial charge >= 0.3 is 0 Å². The molecule has 0 aliphatic rings. The summed E-state index contributed by atoms with van der Waals surface area (Å²) in [4.78, 5) is 4.27. The Morgan fingerprint density at radius 2 is 2.35 bits per heavy atom. The van der Waals surface area contributed by atoms with Crippen LogP contribution in [0.3, 0.4) is 0 Å². The molecule has 0 radical (unpaired) electrons. The van der Waals surface area contributed by atoms with Crippen LogP contribution in [0.15, 0.2) is 29.3 Å². The first-order valence-corrected chi connectivity index (χ1v) is 5.97. The summed E-state index contributed by atoms with van der Waals surface area (Å²) in [5.41, 5.74) is 0.634. The van der Waals surface area contributed by atoms with E-state index in [0.29, 0.717) is 16.6 Å². The number of thioether (sulfide) groups is 1. The number of rotatable bonds is 3. The van der Waals surface area contributed by atoms with E-state index >= 15 is 0 Å². The van der Waals surface area contributed by atoms with Crippen LogP contribution in [0.25, 0.3) is 0 Å². The molecule has 0 aliphatic heterocycles. The number of nitrogens with zero attached hydrogens (tertiary/aromatic N) is 2. The summed E-state index contributed by atoms with van der Waals surface area (Å²) in [6, 6.07) is 7.24. The Hall–Kier alpha value is -2.11. The van der Waals surface area contributed by atoms with E-state index in [1.165, 1.54) is 11.8 Å². The molecule has 86 valence electrons. The molecule has 1 N–H and O–H groups in total. The summed E-state index contributed by atoms with van der Waals surface area (Å²) in [6.45, 7) is 0.187.